The summed E-state index contributed by atoms with van der Waals surface area (Å²) in [4.78, 5) is 25.9. The Morgan fingerprint density at radius 2 is 1.07 bits per heavy atom. The smallest absolute Gasteiger partial charge is 0.238 e. The topological polar surface area (TPSA) is 82.5 Å². The van der Waals surface area contributed by atoms with Gasteiger partial charge in [0.05, 0.1) is 26.9 Å². The average molecular weight is 749 g/mol. The van der Waals surface area contributed by atoms with Crippen LogP contribution in [-0.2, 0) is 0 Å². The minimum absolute atomic E-state index is 0.547. The summed E-state index contributed by atoms with van der Waals surface area (Å²) in [5.74, 6) is 2.41. The quantitative estimate of drug-likeness (QED) is 0.174. The first kappa shape index (κ1) is 31.8. The molecule has 57 heavy (non-hydrogen) atoms. The van der Waals surface area contributed by atoms with E-state index in [1.165, 1.54) is 0 Å². The first-order valence-electron chi connectivity index (χ1n) is 18.8. The number of hydrogen-bond donors (Lipinski definition) is 0. The molecule has 0 atom stereocenters. The monoisotopic (exact) mass is 748 g/mol. The summed E-state index contributed by atoms with van der Waals surface area (Å²) < 4.78 is 10.9. The minimum atomic E-state index is 0.547. The van der Waals surface area contributed by atoms with Crippen molar-refractivity contribution in [3.8, 4) is 51.4 Å². The molecule has 0 bridgehead atoms. The number of para-hydroxylation sites is 3. The molecule has 5 heterocycles. The van der Waals surface area contributed by atoms with E-state index in [9.17, 15) is 0 Å². The number of nitrogens with zero attached hydrogens (tertiary/aromatic N) is 6. The van der Waals surface area contributed by atoms with Gasteiger partial charge in [0, 0.05) is 53.9 Å². The number of fused-ring (bicyclic) bond motifs is 9. The molecule has 12 rings (SSSR count). The third kappa shape index (κ3) is 5.01. The molecular weight excluding hydrogens is 721 g/mol. The van der Waals surface area contributed by atoms with Gasteiger partial charge in [-0.25, -0.2) is 15.0 Å². The lowest BCUT2D eigenvalue weighted by Gasteiger charge is -2.11. The van der Waals surface area contributed by atoms with Gasteiger partial charge in [0.1, 0.15) is 11.2 Å². The van der Waals surface area contributed by atoms with Gasteiger partial charge in [0.2, 0.25) is 5.95 Å². The van der Waals surface area contributed by atoms with Crippen LogP contribution in [-0.4, -0.2) is 29.5 Å². The summed E-state index contributed by atoms with van der Waals surface area (Å²) in [7, 11) is 0. The zero-order chi connectivity index (χ0) is 37.5. The largest absolute Gasteiger partial charge is 0.455 e. The van der Waals surface area contributed by atoms with E-state index in [-0.39, 0.29) is 0 Å². The van der Waals surface area contributed by atoms with Crippen molar-refractivity contribution in [3.63, 3.8) is 0 Å². The third-order valence-corrected chi connectivity index (χ3v) is 11.9. The van der Waals surface area contributed by atoms with Crippen molar-refractivity contribution in [2.45, 2.75) is 0 Å². The van der Waals surface area contributed by atoms with E-state index >= 15 is 0 Å². The van der Waals surface area contributed by atoms with Crippen LogP contribution < -0.4 is 0 Å². The maximum atomic E-state index is 6.56. The second-order valence-electron chi connectivity index (χ2n) is 14.1. The maximum absolute atomic E-state index is 6.56. The molecule has 0 N–H and O–H groups in total. The maximum Gasteiger partial charge on any atom is 0.238 e. The van der Waals surface area contributed by atoms with Crippen LogP contribution in [0.5, 0.6) is 0 Å². The average Bonchev–Trinajstić information content (AvgIpc) is 3.96. The van der Waals surface area contributed by atoms with Gasteiger partial charge in [0.25, 0.3) is 0 Å². The number of hydrogen-bond acceptors (Lipinski definition) is 7. The fraction of sp³-hybridized carbons (Fsp3) is 0. The Kier molecular flexibility index (Phi) is 6.96. The highest BCUT2D eigenvalue weighted by Gasteiger charge is 2.22. The molecule has 266 valence electrons. The molecule has 0 unspecified atom stereocenters. The van der Waals surface area contributed by atoms with Crippen molar-refractivity contribution in [2.24, 2.45) is 0 Å². The van der Waals surface area contributed by atoms with Gasteiger partial charge in [-0.3, -0.25) is 4.57 Å². The number of aromatic nitrogens is 6. The molecule has 5 aromatic heterocycles. The van der Waals surface area contributed by atoms with Crippen LogP contribution >= 0.6 is 11.3 Å². The van der Waals surface area contributed by atoms with Crippen LogP contribution in [0.25, 0.3) is 115 Å². The standard InChI is InChI=1S/C49H28N6OS/c1-3-14-29(15-4-1)46-52-47(30-16-5-2-6-17-30)54-49(53-46)55-38-23-10-7-18-32(38)37-28-31(26-27-39(37)55)48-50-42-35-20-9-12-25-41(35)57-45(42)43(51-48)36-22-13-21-34-33-19-8-11-24-40(33)56-44(34)36/h1-28H. The second-order valence-corrected chi connectivity index (χ2v) is 15.1. The van der Waals surface area contributed by atoms with Crippen LogP contribution in [0.2, 0.25) is 0 Å². The van der Waals surface area contributed by atoms with Gasteiger partial charge in [-0.05, 0) is 42.5 Å². The summed E-state index contributed by atoms with van der Waals surface area (Å²) >= 11 is 1.72. The van der Waals surface area contributed by atoms with Gasteiger partial charge >= 0.3 is 0 Å². The molecule has 12 aromatic rings. The predicted octanol–water partition coefficient (Wildman–Crippen LogP) is 12.7. The molecule has 8 heteroatoms. The van der Waals surface area contributed by atoms with Gasteiger partial charge in [-0.2, -0.15) is 9.97 Å². The molecule has 0 saturated carbocycles. The Labute approximate surface area is 329 Å². The van der Waals surface area contributed by atoms with Crippen LogP contribution in [0.3, 0.4) is 0 Å². The normalized spacial score (nSPS) is 11.9. The van der Waals surface area contributed by atoms with Crippen LogP contribution in [0.15, 0.2) is 174 Å². The lowest BCUT2D eigenvalue weighted by molar-refractivity contribution is 0.670. The lowest BCUT2D eigenvalue weighted by atomic mass is 10.0. The molecule has 0 aliphatic carbocycles. The van der Waals surface area contributed by atoms with Crippen molar-refractivity contribution in [2.75, 3.05) is 0 Å². The van der Waals surface area contributed by atoms with Crippen molar-refractivity contribution in [1.29, 1.82) is 0 Å². The van der Waals surface area contributed by atoms with E-state index in [1.807, 2.05) is 72.8 Å². The van der Waals surface area contributed by atoms with Crippen LogP contribution in [0.1, 0.15) is 0 Å². The number of furan rings is 1. The van der Waals surface area contributed by atoms with E-state index in [0.717, 1.165) is 92.0 Å². The van der Waals surface area contributed by atoms with E-state index in [1.54, 1.807) is 11.3 Å². The number of rotatable bonds is 5. The lowest BCUT2D eigenvalue weighted by Crippen LogP contribution is -2.06. The minimum Gasteiger partial charge on any atom is -0.455 e. The third-order valence-electron chi connectivity index (χ3n) is 10.7. The number of thiophene rings is 1. The summed E-state index contributed by atoms with van der Waals surface area (Å²) in [6.45, 7) is 0. The highest BCUT2D eigenvalue weighted by Crippen LogP contribution is 2.43. The van der Waals surface area contributed by atoms with Crippen molar-refractivity contribution >= 4 is 75.4 Å². The fourth-order valence-corrected chi connectivity index (χ4v) is 9.21. The Balaban J connectivity index is 1.10. The van der Waals surface area contributed by atoms with Gasteiger partial charge in [-0.1, -0.05) is 127 Å². The Hall–Kier alpha value is -7.55. The molecule has 7 aromatic carbocycles. The molecule has 0 aliphatic heterocycles. The van der Waals surface area contributed by atoms with Crippen molar-refractivity contribution < 1.29 is 4.42 Å². The molecule has 0 aliphatic rings. The van der Waals surface area contributed by atoms with Gasteiger partial charge in [0.15, 0.2) is 17.5 Å². The molecule has 0 fully saturated rings. The molecule has 0 amide bonds. The highest BCUT2D eigenvalue weighted by atomic mass is 32.1. The first-order valence-corrected chi connectivity index (χ1v) is 19.6. The summed E-state index contributed by atoms with van der Waals surface area (Å²) in [6.07, 6.45) is 0. The van der Waals surface area contributed by atoms with Gasteiger partial charge < -0.3 is 4.42 Å². The molecule has 0 spiro atoms. The van der Waals surface area contributed by atoms with Crippen molar-refractivity contribution in [1.82, 2.24) is 29.5 Å². The van der Waals surface area contributed by atoms with E-state index in [0.29, 0.717) is 23.4 Å². The molecule has 0 radical (unpaired) electrons. The SMILES string of the molecule is c1ccc(-c2nc(-c3ccccc3)nc(-n3c4ccccc4c4cc(-c5nc(-c6cccc7c6oc6ccccc67)c6sc7ccccc7c6n5)ccc43)n2)cc1. The van der Waals surface area contributed by atoms with Gasteiger partial charge in [-0.15, -0.1) is 11.3 Å². The summed E-state index contributed by atoms with van der Waals surface area (Å²) in [5, 5.41) is 5.38. The zero-order valence-corrected chi connectivity index (χ0v) is 31.0. The van der Waals surface area contributed by atoms with E-state index in [2.05, 4.69) is 102 Å². The Morgan fingerprint density at radius 1 is 0.439 bits per heavy atom. The first-order chi connectivity index (χ1) is 28.2. The fourth-order valence-electron chi connectivity index (χ4n) is 8.06. The van der Waals surface area contributed by atoms with E-state index < -0.39 is 0 Å². The Bertz CT molecular complexity index is 3480. The second kappa shape index (κ2) is 12.5. The molecule has 7 nitrogen and oxygen atoms in total. The van der Waals surface area contributed by atoms with Crippen LogP contribution in [0.4, 0.5) is 0 Å². The predicted molar refractivity (Wildman–Crippen MR) is 232 cm³/mol. The molecule has 0 saturated heterocycles. The molecular formula is C49H28N6OS. The van der Waals surface area contributed by atoms with Crippen LogP contribution in [0, 0.1) is 0 Å². The Morgan fingerprint density at radius 3 is 1.86 bits per heavy atom. The summed E-state index contributed by atoms with van der Waals surface area (Å²) in [5.41, 5.74) is 9.12. The highest BCUT2D eigenvalue weighted by molar-refractivity contribution is 7.26. The zero-order valence-electron chi connectivity index (χ0n) is 30.2. The van der Waals surface area contributed by atoms with Crippen molar-refractivity contribution in [3.05, 3.63) is 170 Å². The van der Waals surface area contributed by atoms with E-state index in [4.69, 9.17) is 29.3 Å². The summed E-state index contributed by atoms with van der Waals surface area (Å²) in [6, 6.07) is 57.9. The number of benzene rings is 7.